The van der Waals surface area contributed by atoms with Gasteiger partial charge in [-0.1, -0.05) is 44.1 Å². The van der Waals surface area contributed by atoms with Crippen LogP contribution in [0.1, 0.15) is 63.8 Å². The Kier molecular flexibility index (Phi) is 10.3. The molecule has 29 heavy (non-hydrogen) atoms. The number of nitrogens with zero attached hydrogens (tertiary/aromatic N) is 2. The molecule has 0 aliphatic heterocycles. The third-order valence-corrected chi connectivity index (χ3v) is 4.79. The quantitative estimate of drug-likeness (QED) is 0.276. The van der Waals surface area contributed by atoms with E-state index in [-0.39, 0.29) is 5.82 Å². The van der Waals surface area contributed by atoms with E-state index in [4.69, 9.17) is 4.74 Å². The zero-order valence-electron chi connectivity index (χ0n) is 17.7. The second kappa shape index (κ2) is 13.0. The number of hydrogen-bond donors (Lipinski definition) is 0. The summed E-state index contributed by atoms with van der Waals surface area (Å²) in [5, 5.41) is 0. The van der Waals surface area contributed by atoms with Gasteiger partial charge in [0.15, 0.2) is 5.82 Å². The van der Waals surface area contributed by atoms with Crippen molar-refractivity contribution in [3.8, 4) is 11.1 Å². The molecule has 0 N–H and O–H groups in total. The molecule has 0 aliphatic carbocycles. The molecule has 1 atom stereocenters. The van der Waals surface area contributed by atoms with Crippen LogP contribution in [0.4, 0.5) is 4.39 Å². The molecule has 156 valence electrons. The molecule has 0 aliphatic rings. The summed E-state index contributed by atoms with van der Waals surface area (Å²) < 4.78 is 20.1. The van der Waals surface area contributed by atoms with Crippen LogP contribution in [-0.2, 0) is 11.2 Å². The molecule has 1 aromatic heterocycles. The van der Waals surface area contributed by atoms with Crippen molar-refractivity contribution in [2.24, 2.45) is 0 Å². The highest BCUT2D eigenvalue weighted by atomic mass is 19.1. The Morgan fingerprint density at radius 1 is 1.17 bits per heavy atom. The first-order chi connectivity index (χ1) is 14.1. The summed E-state index contributed by atoms with van der Waals surface area (Å²) in [6.45, 7) is 8.89. The second-order valence-electron chi connectivity index (χ2n) is 7.36. The molecule has 0 amide bonds. The lowest BCUT2D eigenvalue weighted by Gasteiger charge is -2.11. The first kappa shape index (κ1) is 23.0. The van der Waals surface area contributed by atoms with Gasteiger partial charge < -0.3 is 4.74 Å². The minimum absolute atomic E-state index is 0.262. The average Bonchev–Trinajstić information content (AvgIpc) is 2.72. The molecule has 4 heteroatoms. The summed E-state index contributed by atoms with van der Waals surface area (Å²) >= 11 is 0. The lowest BCUT2D eigenvalue weighted by Crippen LogP contribution is -2.08. The van der Waals surface area contributed by atoms with E-state index in [1.807, 2.05) is 12.1 Å². The maximum absolute atomic E-state index is 14.3. The summed E-state index contributed by atoms with van der Waals surface area (Å²) in [7, 11) is 0. The smallest absolute Gasteiger partial charge is 0.151 e. The molecule has 1 unspecified atom stereocenters. The third-order valence-electron chi connectivity index (χ3n) is 4.79. The maximum Gasteiger partial charge on any atom is 0.151 e. The van der Waals surface area contributed by atoms with Gasteiger partial charge in [0.1, 0.15) is 5.82 Å². The van der Waals surface area contributed by atoms with E-state index in [9.17, 15) is 4.39 Å². The lowest BCUT2D eigenvalue weighted by atomic mass is 10.0. The number of unbranched alkanes of at least 4 members (excludes halogenated alkanes) is 3. The number of allylic oxidation sites excluding steroid dienone is 2. The second-order valence-corrected chi connectivity index (χ2v) is 7.36. The molecule has 0 fully saturated rings. The summed E-state index contributed by atoms with van der Waals surface area (Å²) in [4.78, 5) is 8.68. The van der Waals surface area contributed by atoms with E-state index >= 15 is 0 Å². The third kappa shape index (κ3) is 8.28. The fraction of sp³-hybridized carbons (Fsp3) is 0.440. The topological polar surface area (TPSA) is 35.0 Å². The highest BCUT2D eigenvalue weighted by molar-refractivity contribution is 5.63. The zero-order chi connectivity index (χ0) is 20.9. The van der Waals surface area contributed by atoms with Crippen molar-refractivity contribution >= 4 is 6.08 Å². The first-order valence-electron chi connectivity index (χ1n) is 10.6. The monoisotopic (exact) mass is 396 g/mol. The van der Waals surface area contributed by atoms with Gasteiger partial charge in [0, 0.05) is 30.1 Å². The van der Waals surface area contributed by atoms with Gasteiger partial charge in [-0.15, -0.1) is 6.58 Å². The number of aromatic nitrogens is 2. The highest BCUT2D eigenvalue weighted by Crippen LogP contribution is 2.23. The predicted molar refractivity (Wildman–Crippen MR) is 119 cm³/mol. The molecular formula is C25H33FN2O. The van der Waals surface area contributed by atoms with Crippen molar-refractivity contribution in [2.75, 3.05) is 6.61 Å². The minimum Gasteiger partial charge on any atom is -0.379 e. The predicted octanol–water partition coefficient (Wildman–Crippen LogP) is 6.79. The Hall–Kier alpha value is -2.33. The Balaban J connectivity index is 1.78. The van der Waals surface area contributed by atoms with Gasteiger partial charge in [-0.05, 0) is 56.7 Å². The molecule has 1 heterocycles. The van der Waals surface area contributed by atoms with Crippen molar-refractivity contribution in [1.82, 2.24) is 9.97 Å². The highest BCUT2D eigenvalue weighted by Gasteiger charge is 2.07. The molecule has 1 aromatic carbocycles. The summed E-state index contributed by atoms with van der Waals surface area (Å²) in [6, 6.07) is 5.22. The van der Waals surface area contributed by atoms with Crippen molar-refractivity contribution in [2.45, 2.75) is 64.9 Å². The van der Waals surface area contributed by atoms with Crippen LogP contribution in [0.15, 0.2) is 49.3 Å². The van der Waals surface area contributed by atoms with Crippen molar-refractivity contribution in [3.05, 3.63) is 66.5 Å². The fourth-order valence-corrected chi connectivity index (χ4v) is 3.08. The van der Waals surface area contributed by atoms with Crippen molar-refractivity contribution < 1.29 is 9.13 Å². The van der Waals surface area contributed by atoms with Gasteiger partial charge in [0.2, 0.25) is 0 Å². The first-order valence-corrected chi connectivity index (χ1v) is 10.6. The van der Waals surface area contributed by atoms with E-state index in [1.54, 1.807) is 30.6 Å². The van der Waals surface area contributed by atoms with Crippen LogP contribution in [-0.4, -0.2) is 22.7 Å². The number of ether oxygens (including phenoxy) is 1. The number of rotatable bonds is 13. The van der Waals surface area contributed by atoms with Crippen LogP contribution in [0.5, 0.6) is 0 Å². The van der Waals surface area contributed by atoms with E-state index in [2.05, 4.69) is 36.5 Å². The van der Waals surface area contributed by atoms with Crippen molar-refractivity contribution in [1.29, 1.82) is 0 Å². The van der Waals surface area contributed by atoms with Gasteiger partial charge in [0.25, 0.3) is 0 Å². The molecule has 0 radical (unpaired) electrons. The SMILES string of the molecule is C=CCc1ccc(-c2cnc(C=CCCCC(C)OCCCCC)nc2)c(F)c1. The number of hydrogen-bond acceptors (Lipinski definition) is 3. The summed E-state index contributed by atoms with van der Waals surface area (Å²) in [5.74, 6) is 0.378. The molecule has 2 rings (SSSR count). The fourth-order valence-electron chi connectivity index (χ4n) is 3.08. The molecule has 0 saturated carbocycles. The van der Waals surface area contributed by atoms with Gasteiger partial charge >= 0.3 is 0 Å². The van der Waals surface area contributed by atoms with Crippen LogP contribution in [0.3, 0.4) is 0 Å². The summed E-state index contributed by atoms with van der Waals surface area (Å²) in [5.41, 5.74) is 2.10. The van der Waals surface area contributed by atoms with Crippen LogP contribution in [0, 0.1) is 5.82 Å². The largest absolute Gasteiger partial charge is 0.379 e. The van der Waals surface area contributed by atoms with Crippen LogP contribution < -0.4 is 0 Å². The standard InChI is InChI=1S/C25H33FN2O/c1-4-6-10-16-29-20(3)12-8-7-9-13-25-27-18-22(19-28-25)23-15-14-21(11-5-2)17-24(23)26/h5,9,13-15,17-20H,2,4,6-8,10-12,16H2,1,3H3. The Morgan fingerprint density at radius 2 is 1.97 bits per heavy atom. The summed E-state index contributed by atoms with van der Waals surface area (Å²) in [6.07, 6.45) is 16.8. The van der Waals surface area contributed by atoms with Gasteiger partial charge in [-0.2, -0.15) is 0 Å². The van der Waals surface area contributed by atoms with Crippen LogP contribution >= 0.6 is 0 Å². The van der Waals surface area contributed by atoms with Gasteiger partial charge in [-0.3, -0.25) is 0 Å². The van der Waals surface area contributed by atoms with Gasteiger partial charge in [-0.25, -0.2) is 14.4 Å². The van der Waals surface area contributed by atoms with E-state index in [0.717, 1.165) is 37.9 Å². The molecular weight excluding hydrogens is 363 g/mol. The minimum atomic E-state index is -0.262. The molecule has 0 saturated heterocycles. The molecule has 2 aromatic rings. The Morgan fingerprint density at radius 3 is 2.66 bits per heavy atom. The normalized spacial score (nSPS) is 12.4. The molecule has 0 bridgehead atoms. The Bertz CT molecular complexity index is 771. The molecule has 0 spiro atoms. The average molecular weight is 397 g/mol. The van der Waals surface area contributed by atoms with E-state index in [1.165, 1.54) is 12.8 Å². The van der Waals surface area contributed by atoms with E-state index < -0.39 is 0 Å². The number of benzene rings is 1. The lowest BCUT2D eigenvalue weighted by molar-refractivity contribution is 0.0566. The van der Waals surface area contributed by atoms with Crippen LogP contribution in [0.2, 0.25) is 0 Å². The Labute approximate surface area is 174 Å². The maximum atomic E-state index is 14.3. The van der Waals surface area contributed by atoms with Crippen molar-refractivity contribution in [3.63, 3.8) is 0 Å². The van der Waals surface area contributed by atoms with Gasteiger partial charge in [0.05, 0.1) is 6.10 Å². The van der Waals surface area contributed by atoms with Crippen LogP contribution in [0.25, 0.3) is 17.2 Å². The van der Waals surface area contributed by atoms with E-state index in [0.29, 0.717) is 29.5 Å². The number of halogens is 1. The zero-order valence-corrected chi connectivity index (χ0v) is 17.7. The molecule has 3 nitrogen and oxygen atoms in total.